The van der Waals surface area contributed by atoms with Crippen LogP contribution in [0.4, 0.5) is 5.69 Å². The van der Waals surface area contributed by atoms with Crippen LogP contribution in [0.3, 0.4) is 0 Å². The zero-order valence-corrected chi connectivity index (χ0v) is 19.0. The number of amides is 2. The number of carbonyl (C=O) groups excluding carboxylic acids is 2. The number of ether oxygens (including phenoxy) is 1. The van der Waals surface area contributed by atoms with E-state index in [2.05, 4.69) is 10.3 Å². The highest BCUT2D eigenvalue weighted by Crippen LogP contribution is 2.43. The van der Waals surface area contributed by atoms with Crippen LogP contribution in [0.25, 0.3) is 0 Å². The van der Waals surface area contributed by atoms with Crippen LogP contribution in [0, 0.1) is 12.8 Å². The largest absolute Gasteiger partial charge is 0.496 e. The van der Waals surface area contributed by atoms with Crippen LogP contribution in [0.5, 0.6) is 5.75 Å². The van der Waals surface area contributed by atoms with Gasteiger partial charge in [0.15, 0.2) is 0 Å². The van der Waals surface area contributed by atoms with Crippen molar-refractivity contribution >= 4 is 17.5 Å². The predicted octanol–water partition coefficient (Wildman–Crippen LogP) is 4.24. The zero-order chi connectivity index (χ0) is 23.2. The summed E-state index contributed by atoms with van der Waals surface area (Å²) in [5.74, 6) is 0.211. The first kappa shape index (κ1) is 22.5. The highest BCUT2D eigenvalue weighted by atomic mass is 16.5. The van der Waals surface area contributed by atoms with Gasteiger partial charge in [0.1, 0.15) is 5.75 Å². The Morgan fingerprint density at radius 2 is 1.85 bits per heavy atom. The molecule has 0 saturated carbocycles. The molecule has 170 valence electrons. The van der Waals surface area contributed by atoms with E-state index in [1.807, 2.05) is 73.7 Å². The summed E-state index contributed by atoms with van der Waals surface area (Å²) in [5.41, 5.74) is 3.66. The average molecular weight is 444 g/mol. The number of aromatic nitrogens is 1. The van der Waals surface area contributed by atoms with Gasteiger partial charge in [0.2, 0.25) is 11.8 Å². The fourth-order valence-corrected chi connectivity index (χ4v) is 4.43. The molecular weight excluding hydrogens is 414 g/mol. The van der Waals surface area contributed by atoms with Crippen LogP contribution >= 0.6 is 0 Å². The number of para-hydroxylation sites is 1. The molecule has 1 N–H and O–H groups in total. The number of pyridine rings is 1. The quantitative estimate of drug-likeness (QED) is 0.593. The van der Waals surface area contributed by atoms with Crippen molar-refractivity contribution in [1.82, 2.24) is 10.3 Å². The van der Waals surface area contributed by atoms with E-state index in [1.54, 1.807) is 18.2 Å². The molecule has 4 rings (SSSR count). The van der Waals surface area contributed by atoms with E-state index in [0.29, 0.717) is 31.6 Å². The molecule has 2 heterocycles. The minimum absolute atomic E-state index is 0.00675. The first-order valence-corrected chi connectivity index (χ1v) is 11.3. The Bertz CT molecular complexity index is 1100. The smallest absolute Gasteiger partial charge is 0.227 e. The second-order valence-electron chi connectivity index (χ2n) is 8.29. The van der Waals surface area contributed by atoms with Crippen LogP contribution in [-0.2, 0) is 16.0 Å². The van der Waals surface area contributed by atoms with Crippen LogP contribution in [0.1, 0.15) is 35.7 Å². The summed E-state index contributed by atoms with van der Waals surface area (Å²) in [6.45, 7) is 2.50. The fraction of sp³-hybridized carbons (Fsp3) is 0.296. The molecule has 1 fully saturated rings. The minimum atomic E-state index is -0.458. The van der Waals surface area contributed by atoms with Gasteiger partial charge in [0.25, 0.3) is 0 Å². The molecule has 0 radical (unpaired) electrons. The molecule has 1 saturated heterocycles. The van der Waals surface area contributed by atoms with Crippen molar-refractivity contribution in [3.8, 4) is 5.75 Å². The maximum atomic E-state index is 13.4. The molecule has 2 unspecified atom stereocenters. The maximum Gasteiger partial charge on any atom is 0.227 e. The van der Waals surface area contributed by atoms with Crippen molar-refractivity contribution in [1.29, 1.82) is 0 Å². The van der Waals surface area contributed by atoms with E-state index in [9.17, 15) is 9.59 Å². The highest BCUT2D eigenvalue weighted by molar-refractivity contribution is 5.97. The Morgan fingerprint density at radius 3 is 2.58 bits per heavy atom. The second-order valence-corrected chi connectivity index (χ2v) is 8.29. The number of anilines is 1. The Hall–Kier alpha value is -3.67. The third-order valence-corrected chi connectivity index (χ3v) is 6.11. The monoisotopic (exact) mass is 443 g/mol. The fourth-order valence-electron chi connectivity index (χ4n) is 4.43. The normalized spacial score (nSPS) is 18.1. The summed E-state index contributed by atoms with van der Waals surface area (Å²) in [6, 6.07) is 20.8. The second kappa shape index (κ2) is 10.3. The molecule has 2 atom stereocenters. The van der Waals surface area contributed by atoms with Gasteiger partial charge in [-0.25, -0.2) is 0 Å². The van der Waals surface area contributed by atoms with Gasteiger partial charge in [-0.15, -0.1) is 0 Å². The lowest BCUT2D eigenvalue weighted by atomic mass is 9.82. The third-order valence-electron chi connectivity index (χ3n) is 6.11. The van der Waals surface area contributed by atoms with Crippen LogP contribution in [-0.4, -0.2) is 30.5 Å². The summed E-state index contributed by atoms with van der Waals surface area (Å²) >= 11 is 0. The van der Waals surface area contributed by atoms with Crippen LogP contribution in [0.2, 0.25) is 0 Å². The van der Waals surface area contributed by atoms with Crippen molar-refractivity contribution in [3.63, 3.8) is 0 Å². The first-order valence-electron chi connectivity index (χ1n) is 11.3. The Morgan fingerprint density at radius 1 is 1.09 bits per heavy atom. The van der Waals surface area contributed by atoms with E-state index in [0.717, 1.165) is 22.5 Å². The zero-order valence-electron chi connectivity index (χ0n) is 19.0. The molecule has 2 amide bonds. The minimum Gasteiger partial charge on any atom is -0.496 e. The molecule has 6 heteroatoms. The molecule has 3 aromatic rings. The van der Waals surface area contributed by atoms with Crippen molar-refractivity contribution in [3.05, 3.63) is 89.7 Å². The lowest BCUT2D eigenvalue weighted by Gasteiger charge is -2.41. The lowest BCUT2D eigenvalue weighted by molar-refractivity contribution is -0.129. The summed E-state index contributed by atoms with van der Waals surface area (Å²) in [4.78, 5) is 32.7. The van der Waals surface area contributed by atoms with Crippen LogP contribution < -0.4 is 15.0 Å². The first-order chi connectivity index (χ1) is 16.1. The third kappa shape index (κ3) is 5.06. The lowest BCUT2D eigenvalue weighted by Crippen LogP contribution is -2.48. The van der Waals surface area contributed by atoms with Crippen molar-refractivity contribution in [2.75, 3.05) is 18.6 Å². The standard InChI is InChI=1S/C27H29N3O3/c1-19-10-12-21(13-11-19)30-25(31)15-14-23(26(30)22-8-3-4-9-24(22)33-2)27(32)29-18-16-20-7-5-6-17-28-20/h3-13,17,23,26H,14-16,18H2,1-2H3,(H,29,32). The highest BCUT2D eigenvalue weighted by Gasteiger charge is 2.42. The number of nitrogens with zero attached hydrogens (tertiary/aromatic N) is 2. The number of piperidine rings is 1. The van der Waals surface area contributed by atoms with Gasteiger partial charge in [0, 0.05) is 42.5 Å². The molecule has 0 bridgehead atoms. The molecule has 1 aliphatic heterocycles. The van der Waals surface area contributed by atoms with Gasteiger partial charge in [-0.3, -0.25) is 14.6 Å². The molecule has 6 nitrogen and oxygen atoms in total. The Balaban J connectivity index is 1.64. The SMILES string of the molecule is COc1ccccc1C1C(C(=O)NCCc2ccccn2)CCC(=O)N1c1ccc(C)cc1. The van der Waals surface area contributed by atoms with E-state index in [1.165, 1.54) is 0 Å². The number of benzene rings is 2. The van der Waals surface area contributed by atoms with Gasteiger partial charge in [-0.2, -0.15) is 0 Å². The van der Waals surface area contributed by atoms with E-state index >= 15 is 0 Å². The van der Waals surface area contributed by atoms with Crippen molar-refractivity contribution in [2.24, 2.45) is 5.92 Å². The molecule has 0 aliphatic carbocycles. The molecule has 2 aromatic carbocycles. The number of nitrogens with one attached hydrogen (secondary N) is 1. The number of methoxy groups -OCH3 is 1. The molecular formula is C27H29N3O3. The van der Waals surface area contributed by atoms with Gasteiger partial charge in [0.05, 0.1) is 19.1 Å². The summed E-state index contributed by atoms with van der Waals surface area (Å²) in [6.07, 6.45) is 3.21. The Kier molecular flexibility index (Phi) is 7.03. The maximum absolute atomic E-state index is 13.4. The number of carbonyl (C=O) groups is 2. The average Bonchev–Trinajstić information content (AvgIpc) is 2.85. The number of hydrogen-bond acceptors (Lipinski definition) is 4. The van der Waals surface area contributed by atoms with Crippen molar-refractivity contribution < 1.29 is 14.3 Å². The summed E-state index contributed by atoms with van der Waals surface area (Å²) in [5, 5.41) is 3.08. The van der Waals surface area contributed by atoms with E-state index in [4.69, 9.17) is 4.74 Å². The molecule has 33 heavy (non-hydrogen) atoms. The topological polar surface area (TPSA) is 71.5 Å². The Labute approximate surface area is 194 Å². The number of hydrogen-bond donors (Lipinski definition) is 1. The number of rotatable bonds is 7. The van der Waals surface area contributed by atoms with Gasteiger partial charge in [-0.1, -0.05) is 42.0 Å². The van der Waals surface area contributed by atoms with E-state index in [-0.39, 0.29) is 11.8 Å². The van der Waals surface area contributed by atoms with Crippen LogP contribution in [0.15, 0.2) is 72.9 Å². The van der Waals surface area contributed by atoms with Gasteiger partial charge >= 0.3 is 0 Å². The van der Waals surface area contributed by atoms with Crippen molar-refractivity contribution in [2.45, 2.75) is 32.2 Å². The molecule has 0 spiro atoms. The summed E-state index contributed by atoms with van der Waals surface area (Å²) in [7, 11) is 1.61. The molecule has 1 aliphatic rings. The number of aryl methyl sites for hydroxylation is 1. The summed E-state index contributed by atoms with van der Waals surface area (Å²) < 4.78 is 5.63. The predicted molar refractivity (Wildman–Crippen MR) is 128 cm³/mol. The molecule has 1 aromatic heterocycles. The van der Waals surface area contributed by atoms with Gasteiger partial charge in [-0.05, 0) is 43.7 Å². The van der Waals surface area contributed by atoms with E-state index < -0.39 is 12.0 Å². The van der Waals surface area contributed by atoms with Gasteiger partial charge < -0.3 is 15.0 Å².